The smallest absolute Gasteiger partial charge is 0.197 e. The average Bonchev–Trinajstić information content (AvgIpc) is 1.56. The molecule has 0 radical (unpaired) electrons. The first-order valence-electron chi connectivity index (χ1n) is 3.86. The van der Waals surface area contributed by atoms with Crippen molar-refractivity contribution in [2.45, 2.75) is 33.8 Å². The van der Waals surface area contributed by atoms with Crippen molar-refractivity contribution in [3.05, 3.63) is 0 Å². The van der Waals surface area contributed by atoms with Crippen LogP contribution < -0.4 is 0 Å². The minimum absolute atomic E-state index is 0.0448. The second-order valence-corrected chi connectivity index (χ2v) is 7.08. The van der Waals surface area contributed by atoms with Crippen LogP contribution in [-0.4, -0.2) is 19.4 Å². The van der Waals surface area contributed by atoms with E-state index < -0.39 is 7.37 Å². The SMILES string of the molecule is CC(OP(C)(C)=O)C(C)(C)C. The van der Waals surface area contributed by atoms with Gasteiger partial charge in [0.1, 0.15) is 0 Å². The molecule has 0 saturated heterocycles. The van der Waals surface area contributed by atoms with E-state index in [4.69, 9.17) is 4.52 Å². The Morgan fingerprint density at radius 1 is 1.27 bits per heavy atom. The van der Waals surface area contributed by atoms with Gasteiger partial charge in [-0.1, -0.05) is 20.8 Å². The lowest BCUT2D eigenvalue weighted by molar-refractivity contribution is 0.109. The summed E-state index contributed by atoms with van der Waals surface area (Å²) in [4.78, 5) is 0. The van der Waals surface area contributed by atoms with Crippen LogP contribution in [0.25, 0.3) is 0 Å². The van der Waals surface area contributed by atoms with Crippen LogP contribution in [0.5, 0.6) is 0 Å². The quantitative estimate of drug-likeness (QED) is 0.607. The zero-order valence-corrected chi connectivity index (χ0v) is 9.24. The molecule has 3 heteroatoms. The van der Waals surface area contributed by atoms with Crippen molar-refractivity contribution in [2.24, 2.45) is 5.41 Å². The molecule has 11 heavy (non-hydrogen) atoms. The van der Waals surface area contributed by atoms with Crippen molar-refractivity contribution in [2.75, 3.05) is 13.3 Å². The first-order chi connectivity index (χ1) is 4.63. The molecule has 0 aromatic carbocycles. The predicted octanol–water partition coefficient (Wildman–Crippen LogP) is 2.98. The van der Waals surface area contributed by atoms with Gasteiger partial charge in [0.15, 0.2) is 7.37 Å². The fraction of sp³-hybridized carbons (Fsp3) is 1.00. The molecule has 0 aromatic rings. The third-order valence-corrected chi connectivity index (χ3v) is 2.46. The summed E-state index contributed by atoms with van der Waals surface area (Å²) in [6, 6.07) is 0. The van der Waals surface area contributed by atoms with E-state index in [0.29, 0.717) is 0 Å². The van der Waals surface area contributed by atoms with Crippen LogP contribution in [-0.2, 0) is 9.09 Å². The van der Waals surface area contributed by atoms with Crippen molar-refractivity contribution in [3.63, 3.8) is 0 Å². The fourth-order valence-electron chi connectivity index (χ4n) is 0.539. The summed E-state index contributed by atoms with van der Waals surface area (Å²) >= 11 is 0. The van der Waals surface area contributed by atoms with E-state index in [9.17, 15) is 4.57 Å². The Hall–Kier alpha value is 0.190. The largest absolute Gasteiger partial charge is 0.325 e. The highest BCUT2D eigenvalue weighted by molar-refractivity contribution is 7.57. The molecular formula is C8H19O2P. The Labute approximate surface area is 69.8 Å². The highest BCUT2D eigenvalue weighted by Crippen LogP contribution is 2.42. The van der Waals surface area contributed by atoms with Gasteiger partial charge in [0.25, 0.3) is 0 Å². The molecule has 1 atom stereocenters. The van der Waals surface area contributed by atoms with Crippen LogP contribution in [0, 0.1) is 5.41 Å². The summed E-state index contributed by atoms with van der Waals surface area (Å²) in [6.45, 7) is 11.5. The summed E-state index contributed by atoms with van der Waals surface area (Å²) in [7, 11) is -2.32. The van der Waals surface area contributed by atoms with Gasteiger partial charge in [-0.15, -0.1) is 0 Å². The minimum Gasteiger partial charge on any atom is -0.325 e. The zero-order valence-electron chi connectivity index (χ0n) is 8.34. The molecule has 0 N–H and O–H groups in total. The Morgan fingerprint density at radius 3 is 1.73 bits per heavy atom. The summed E-state index contributed by atoms with van der Waals surface area (Å²) < 4.78 is 16.6. The second kappa shape index (κ2) is 3.28. The van der Waals surface area contributed by atoms with Gasteiger partial charge < -0.3 is 4.52 Å². The monoisotopic (exact) mass is 178 g/mol. The van der Waals surface area contributed by atoms with Crippen LogP contribution in [0.3, 0.4) is 0 Å². The lowest BCUT2D eigenvalue weighted by atomic mass is 9.91. The number of hydrogen-bond acceptors (Lipinski definition) is 2. The van der Waals surface area contributed by atoms with Gasteiger partial charge >= 0.3 is 0 Å². The summed E-state index contributed by atoms with van der Waals surface area (Å²) in [6.07, 6.45) is 0.0448. The number of hydrogen-bond donors (Lipinski definition) is 0. The lowest BCUT2D eigenvalue weighted by Crippen LogP contribution is -2.24. The van der Waals surface area contributed by atoms with Crippen LogP contribution in [0.15, 0.2) is 0 Å². The predicted molar refractivity (Wildman–Crippen MR) is 49.5 cm³/mol. The fourth-order valence-corrected chi connectivity index (χ4v) is 1.62. The third-order valence-electron chi connectivity index (χ3n) is 1.63. The Kier molecular flexibility index (Phi) is 3.34. The van der Waals surface area contributed by atoms with Crippen molar-refractivity contribution in [3.8, 4) is 0 Å². The van der Waals surface area contributed by atoms with Crippen LogP contribution >= 0.6 is 7.37 Å². The number of rotatable bonds is 2. The second-order valence-electron chi connectivity index (χ2n) is 4.37. The van der Waals surface area contributed by atoms with Gasteiger partial charge in [-0.05, 0) is 12.3 Å². The maximum absolute atomic E-state index is 11.2. The Balaban J connectivity index is 4.10. The van der Waals surface area contributed by atoms with Crippen LogP contribution in [0.4, 0.5) is 0 Å². The molecule has 0 aliphatic heterocycles. The molecule has 68 valence electrons. The topological polar surface area (TPSA) is 26.3 Å². The first-order valence-corrected chi connectivity index (χ1v) is 6.38. The standard InChI is InChI=1S/C8H19O2P/c1-7(8(2,3)4)10-11(5,6)9/h7H,1-6H3. The van der Waals surface area contributed by atoms with Crippen molar-refractivity contribution < 1.29 is 9.09 Å². The normalized spacial score (nSPS) is 16.5. The van der Waals surface area contributed by atoms with Gasteiger partial charge in [-0.25, -0.2) is 0 Å². The molecule has 0 aliphatic carbocycles. The van der Waals surface area contributed by atoms with Crippen LogP contribution in [0.1, 0.15) is 27.7 Å². The molecule has 0 bridgehead atoms. The van der Waals surface area contributed by atoms with E-state index in [1.165, 1.54) is 0 Å². The van der Waals surface area contributed by atoms with E-state index in [-0.39, 0.29) is 11.5 Å². The van der Waals surface area contributed by atoms with Gasteiger partial charge in [-0.2, -0.15) is 0 Å². The summed E-state index contributed by atoms with van der Waals surface area (Å²) in [5, 5.41) is 0. The van der Waals surface area contributed by atoms with E-state index in [1.54, 1.807) is 13.3 Å². The molecule has 1 unspecified atom stereocenters. The third kappa shape index (κ3) is 5.46. The van der Waals surface area contributed by atoms with E-state index in [2.05, 4.69) is 20.8 Å². The van der Waals surface area contributed by atoms with E-state index in [1.807, 2.05) is 6.92 Å². The highest BCUT2D eigenvalue weighted by Gasteiger charge is 2.24. The van der Waals surface area contributed by atoms with Gasteiger partial charge in [0.2, 0.25) is 0 Å². The van der Waals surface area contributed by atoms with Crippen molar-refractivity contribution in [1.82, 2.24) is 0 Å². The lowest BCUT2D eigenvalue weighted by Gasteiger charge is -2.28. The molecule has 0 amide bonds. The molecular weight excluding hydrogens is 159 g/mol. The average molecular weight is 178 g/mol. The highest BCUT2D eigenvalue weighted by atomic mass is 31.2. The maximum atomic E-state index is 11.2. The minimum atomic E-state index is -2.32. The molecule has 0 fully saturated rings. The summed E-state index contributed by atoms with van der Waals surface area (Å²) in [5.41, 5.74) is 0.0711. The van der Waals surface area contributed by atoms with Crippen molar-refractivity contribution in [1.29, 1.82) is 0 Å². The Bertz CT molecular complexity index is 163. The maximum Gasteiger partial charge on any atom is 0.197 e. The van der Waals surface area contributed by atoms with E-state index in [0.717, 1.165) is 0 Å². The van der Waals surface area contributed by atoms with Crippen molar-refractivity contribution >= 4 is 7.37 Å². The Morgan fingerprint density at radius 2 is 1.64 bits per heavy atom. The van der Waals surface area contributed by atoms with Gasteiger partial charge in [-0.3, -0.25) is 4.57 Å². The molecule has 0 aromatic heterocycles. The van der Waals surface area contributed by atoms with Crippen LogP contribution in [0.2, 0.25) is 0 Å². The summed E-state index contributed by atoms with van der Waals surface area (Å²) in [5.74, 6) is 0. The van der Waals surface area contributed by atoms with E-state index >= 15 is 0 Å². The molecule has 0 saturated carbocycles. The molecule has 0 spiro atoms. The molecule has 2 nitrogen and oxygen atoms in total. The first kappa shape index (κ1) is 11.2. The van der Waals surface area contributed by atoms with Gasteiger partial charge in [0, 0.05) is 13.3 Å². The van der Waals surface area contributed by atoms with Gasteiger partial charge in [0.05, 0.1) is 6.10 Å². The zero-order chi connectivity index (χ0) is 9.28. The molecule has 0 heterocycles. The molecule has 0 aliphatic rings. The molecule has 0 rings (SSSR count).